The van der Waals surface area contributed by atoms with E-state index in [4.69, 9.17) is 4.74 Å². The van der Waals surface area contributed by atoms with Crippen LogP contribution in [0.3, 0.4) is 0 Å². The highest BCUT2D eigenvalue weighted by molar-refractivity contribution is 5.97. The van der Waals surface area contributed by atoms with Gasteiger partial charge in [-0.2, -0.15) is 0 Å². The van der Waals surface area contributed by atoms with Crippen molar-refractivity contribution in [1.29, 1.82) is 0 Å². The Kier molecular flexibility index (Phi) is 4.66. The Morgan fingerprint density at radius 3 is 2.35 bits per heavy atom. The van der Waals surface area contributed by atoms with Crippen LogP contribution in [0.4, 0.5) is 0 Å². The summed E-state index contributed by atoms with van der Waals surface area (Å²) in [5.41, 5.74) is 1.06. The lowest BCUT2D eigenvalue weighted by Gasteiger charge is -2.06. The number of esters is 1. The van der Waals surface area contributed by atoms with Crippen LogP contribution in [0.15, 0.2) is 54.6 Å². The second kappa shape index (κ2) is 6.66. The fourth-order valence-corrected chi connectivity index (χ4v) is 1.84. The summed E-state index contributed by atoms with van der Waals surface area (Å²) in [7, 11) is 0. The molecule has 0 saturated carbocycles. The van der Waals surface area contributed by atoms with Gasteiger partial charge < -0.3 is 4.74 Å². The maximum absolute atomic E-state index is 11.9. The molecule has 20 heavy (non-hydrogen) atoms. The molecule has 2 rings (SSSR count). The van der Waals surface area contributed by atoms with Gasteiger partial charge in [-0.15, -0.1) is 0 Å². The zero-order valence-electron chi connectivity index (χ0n) is 11.3. The van der Waals surface area contributed by atoms with Crippen molar-refractivity contribution in [3.8, 4) is 5.75 Å². The molecule has 0 aliphatic carbocycles. The molecule has 0 radical (unpaired) electrons. The molecule has 0 atom stereocenters. The molecule has 0 unspecified atom stereocenters. The minimum Gasteiger partial charge on any atom is -0.423 e. The molecule has 0 heterocycles. The van der Waals surface area contributed by atoms with Crippen molar-refractivity contribution in [2.45, 2.75) is 19.8 Å². The molecule has 0 saturated heterocycles. The largest absolute Gasteiger partial charge is 0.423 e. The van der Waals surface area contributed by atoms with E-state index in [9.17, 15) is 9.59 Å². The molecule has 0 N–H and O–H groups in total. The van der Waals surface area contributed by atoms with Gasteiger partial charge in [0.15, 0.2) is 5.78 Å². The first-order chi connectivity index (χ1) is 9.70. The lowest BCUT2D eigenvalue weighted by molar-refractivity contribution is 0.0733. The summed E-state index contributed by atoms with van der Waals surface area (Å²) in [5.74, 6) is 0.0246. The van der Waals surface area contributed by atoms with E-state index in [0.29, 0.717) is 23.3 Å². The van der Waals surface area contributed by atoms with Gasteiger partial charge in [-0.1, -0.05) is 37.3 Å². The maximum atomic E-state index is 11.9. The van der Waals surface area contributed by atoms with E-state index >= 15 is 0 Å². The molecular weight excluding hydrogens is 252 g/mol. The van der Waals surface area contributed by atoms with Crippen LogP contribution in [0.2, 0.25) is 0 Å². The maximum Gasteiger partial charge on any atom is 0.343 e. The van der Waals surface area contributed by atoms with Gasteiger partial charge in [-0.05, 0) is 30.7 Å². The standard InChI is InChI=1S/C17H16O3/c1-2-7-16(18)14-10-6-11-15(12-14)20-17(19)13-8-4-3-5-9-13/h3-6,8-12H,2,7H2,1H3. The summed E-state index contributed by atoms with van der Waals surface area (Å²) >= 11 is 0. The Hall–Kier alpha value is -2.42. The molecule has 0 bridgehead atoms. The van der Waals surface area contributed by atoms with E-state index in [2.05, 4.69) is 0 Å². The minimum absolute atomic E-state index is 0.0603. The number of ether oxygens (including phenoxy) is 1. The SMILES string of the molecule is CCCC(=O)c1cccc(OC(=O)c2ccccc2)c1. The Morgan fingerprint density at radius 1 is 0.950 bits per heavy atom. The molecule has 0 fully saturated rings. The van der Waals surface area contributed by atoms with E-state index < -0.39 is 5.97 Å². The number of ketones is 1. The van der Waals surface area contributed by atoms with Gasteiger partial charge in [0.05, 0.1) is 5.56 Å². The predicted molar refractivity (Wildman–Crippen MR) is 77.1 cm³/mol. The number of hydrogen-bond donors (Lipinski definition) is 0. The van der Waals surface area contributed by atoms with E-state index in [0.717, 1.165) is 6.42 Å². The number of hydrogen-bond acceptors (Lipinski definition) is 3. The number of carbonyl (C=O) groups is 2. The number of carbonyl (C=O) groups excluding carboxylic acids is 2. The third-order valence-corrected chi connectivity index (χ3v) is 2.85. The van der Waals surface area contributed by atoms with Crippen molar-refractivity contribution in [2.24, 2.45) is 0 Å². The van der Waals surface area contributed by atoms with Crippen LogP contribution >= 0.6 is 0 Å². The van der Waals surface area contributed by atoms with Gasteiger partial charge in [-0.25, -0.2) is 4.79 Å². The predicted octanol–water partition coefficient (Wildman–Crippen LogP) is 3.89. The zero-order valence-corrected chi connectivity index (χ0v) is 11.3. The molecule has 2 aromatic rings. The summed E-state index contributed by atoms with van der Waals surface area (Å²) in [6, 6.07) is 15.5. The smallest absolute Gasteiger partial charge is 0.343 e. The summed E-state index contributed by atoms with van der Waals surface area (Å²) in [6.45, 7) is 1.96. The van der Waals surface area contributed by atoms with Gasteiger partial charge in [-0.3, -0.25) is 4.79 Å². The van der Waals surface area contributed by atoms with Crippen molar-refractivity contribution in [2.75, 3.05) is 0 Å². The van der Waals surface area contributed by atoms with Crippen LogP contribution in [0.1, 0.15) is 40.5 Å². The summed E-state index contributed by atoms with van der Waals surface area (Å²) in [4.78, 5) is 23.7. The Balaban J connectivity index is 2.12. The average molecular weight is 268 g/mol. The van der Waals surface area contributed by atoms with Crippen molar-refractivity contribution < 1.29 is 14.3 Å². The fraction of sp³-hybridized carbons (Fsp3) is 0.176. The van der Waals surface area contributed by atoms with Crippen LogP contribution < -0.4 is 4.74 Å². The van der Waals surface area contributed by atoms with Crippen LogP contribution in [0.25, 0.3) is 0 Å². The fourth-order valence-electron chi connectivity index (χ4n) is 1.84. The van der Waals surface area contributed by atoms with Gasteiger partial charge >= 0.3 is 5.97 Å². The highest BCUT2D eigenvalue weighted by Crippen LogP contribution is 2.17. The van der Waals surface area contributed by atoms with E-state index in [-0.39, 0.29) is 5.78 Å². The number of Topliss-reactive ketones (excluding diaryl/α,β-unsaturated/α-hetero) is 1. The van der Waals surface area contributed by atoms with Crippen LogP contribution in [-0.4, -0.2) is 11.8 Å². The number of benzene rings is 2. The second-order valence-corrected chi connectivity index (χ2v) is 4.46. The van der Waals surface area contributed by atoms with Crippen molar-refractivity contribution >= 4 is 11.8 Å². The Bertz CT molecular complexity index is 603. The highest BCUT2D eigenvalue weighted by Gasteiger charge is 2.10. The zero-order chi connectivity index (χ0) is 14.4. The first-order valence-corrected chi connectivity index (χ1v) is 6.61. The van der Waals surface area contributed by atoms with Crippen LogP contribution in [-0.2, 0) is 0 Å². The summed E-state index contributed by atoms with van der Waals surface area (Å²) < 4.78 is 5.28. The average Bonchev–Trinajstić information content (AvgIpc) is 2.48. The summed E-state index contributed by atoms with van der Waals surface area (Å²) in [6.07, 6.45) is 1.29. The minimum atomic E-state index is -0.425. The molecule has 3 nitrogen and oxygen atoms in total. The van der Waals surface area contributed by atoms with Gasteiger partial charge in [0.25, 0.3) is 0 Å². The third kappa shape index (κ3) is 3.54. The molecule has 3 heteroatoms. The normalized spacial score (nSPS) is 10.1. The van der Waals surface area contributed by atoms with E-state index in [1.807, 2.05) is 13.0 Å². The molecule has 2 aromatic carbocycles. The molecular formula is C17H16O3. The highest BCUT2D eigenvalue weighted by atomic mass is 16.5. The third-order valence-electron chi connectivity index (χ3n) is 2.85. The van der Waals surface area contributed by atoms with Crippen molar-refractivity contribution in [3.63, 3.8) is 0 Å². The van der Waals surface area contributed by atoms with E-state index in [1.165, 1.54) is 0 Å². The molecule has 0 amide bonds. The lowest BCUT2D eigenvalue weighted by Crippen LogP contribution is -2.08. The second-order valence-electron chi connectivity index (χ2n) is 4.46. The van der Waals surface area contributed by atoms with Crippen LogP contribution in [0.5, 0.6) is 5.75 Å². The molecule has 0 aliphatic heterocycles. The van der Waals surface area contributed by atoms with Gasteiger partial charge in [0.2, 0.25) is 0 Å². The van der Waals surface area contributed by atoms with Crippen molar-refractivity contribution in [3.05, 3.63) is 65.7 Å². The number of rotatable bonds is 5. The van der Waals surface area contributed by atoms with Crippen LogP contribution in [0, 0.1) is 0 Å². The topological polar surface area (TPSA) is 43.4 Å². The monoisotopic (exact) mass is 268 g/mol. The Labute approximate surface area is 118 Å². The quantitative estimate of drug-likeness (QED) is 0.469. The molecule has 0 aromatic heterocycles. The first-order valence-electron chi connectivity index (χ1n) is 6.61. The molecule has 0 spiro atoms. The first kappa shape index (κ1) is 14.0. The van der Waals surface area contributed by atoms with E-state index in [1.54, 1.807) is 48.5 Å². The van der Waals surface area contributed by atoms with Gasteiger partial charge in [0.1, 0.15) is 5.75 Å². The van der Waals surface area contributed by atoms with Crippen molar-refractivity contribution in [1.82, 2.24) is 0 Å². The molecule has 102 valence electrons. The lowest BCUT2D eigenvalue weighted by atomic mass is 10.1. The molecule has 0 aliphatic rings. The Morgan fingerprint density at radius 2 is 1.65 bits per heavy atom. The van der Waals surface area contributed by atoms with Gasteiger partial charge in [0, 0.05) is 12.0 Å². The summed E-state index contributed by atoms with van der Waals surface area (Å²) in [5, 5.41) is 0.